The van der Waals surface area contributed by atoms with Crippen molar-refractivity contribution in [2.45, 2.75) is 19.9 Å². The van der Waals surface area contributed by atoms with Gasteiger partial charge in [0.1, 0.15) is 0 Å². The van der Waals surface area contributed by atoms with Crippen LogP contribution in [0.3, 0.4) is 0 Å². The summed E-state index contributed by atoms with van der Waals surface area (Å²) >= 11 is 1.57. The van der Waals surface area contributed by atoms with Crippen molar-refractivity contribution in [3.8, 4) is 11.1 Å². The molecule has 0 unspecified atom stereocenters. The van der Waals surface area contributed by atoms with Gasteiger partial charge in [-0.1, -0.05) is 48.5 Å². The van der Waals surface area contributed by atoms with E-state index in [0.717, 1.165) is 43.4 Å². The van der Waals surface area contributed by atoms with Crippen LogP contribution < -0.4 is 5.56 Å². The average molecular weight is 398 g/mol. The zero-order valence-corrected chi connectivity index (χ0v) is 16.8. The van der Waals surface area contributed by atoms with E-state index < -0.39 is 0 Å². The number of nitrogens with zero attached hydrogens (tertiary/aromatic N) is 3. The van der Waals surface area contributed by atoms with E-state index in [1.807, 2.05) is 36.4 Å². The van der Waals surface area contributed by atoms with Gasteiger partial charge in [-0.2, -0.15) is 5.10 Å². The molecule has 5 aromatic rings. The molecule has 0 atom stereocenters. The van der Waals surface area contributed by atoms with Crippen LogP contribution in [0.4, 0.5) is 0 Å². The number of hydrogen-bond acceptors (Lipinski definition) is 4. The molecule has 0 saturated carbocycles. The molecule has 0 bridgehead atoms. The van der Waals surface area contributed by atoms with Crippen LogP contribution in [-0.2, 0) is 13.0 Å². The number of benzene rings is 2. The van der Waals surface area contributed by atoms with E-state index in [-0.39, 0.29) is 5.56 Å². The Labute approximate surface area is 172 Å². The summed E-state index contributed by atoms with van der Waals surface area (Å²) in [6.45, 7) is 2.58. The fourth-order valence-corrected chi connectivity index (χ4v) is 4.61. The zero-order valence-electron chi connectivity index (χ0n) is 16.0. The third-order valence-corrected chi connectivity index (χ3v) is 6.17. The van der Waals surface area contributed by atoms with Crippen molar-refractivity contribution in [2.75, 3.05) is 0 Å². The molecule has 0 spiro atoms. The molecule has 4 nitrogen and oxygen atoms in total. The highest BCUT2D eigenvalue weighted by Crippen LogP contribution is 2.33. The van der Waals surface area contributed by atoms with Gasteiger partial charge in [0.25, 0.3) is 5.56 Å². The number of hydrogen-bond donors (Lipinski definition) is 0. The smallest absolute Gasteiger partial charge is 0.267 e. The number of aromatic nitrogens is 3. The van der Waals surface area contributed by atoms with E-state index in [2.05, 4.69) is 41.7 Å². The third-order valence-electron chi connectivity index (χ3n) is 5.25. The number of para-hydroxylation sites is 1. The highest BCUT2D eigenvalue weighted by molar-refractivity contribution is 7.17. The van der Waals surface area contributed by atoms with Crippen molar-refractivity contribution in [1.82, 2.24) is 14.8 Å². The van der Waals surface area contributed by atoms with Gasteiger partial charge in [-0.15, -0.1) is 11.3 Å². The first-order valence-electron chi connectivity index (χ1n) is 9.59. The molecule has 0 aliphatic heterocycles. The van der Waals surface area contributed by atoms with E-state index in [9.17, 15) is 4.79 Å². The minimum Gasteiger partial charge on any atom is -0.267 e. The van der Waals surface area contributed by atoms with Gasteiger partial charge < -0.3 is 0 Å². The van der Waals surface area contributed by atoms with Gasteiger partial charge in [-0.3, -0.25) is 9.78 Å². The quantitative estimate of drug-likeness (QED) is 0.417. The van der Waals surface area contributed by atoms with Crippen LogP contribution >= 0.6 is 11.3 Å². The van der Waals surface area contributed by atoms with Crippen molar-refractivity contribution >= 4 is 32.3 Å². The molecular weight excluding hydrogens is 378 g/mol. The molecule has 3 aromatic heterocycles. The van der Waals surface area contributed by atoms with E-state index in [4.69, 9.17) is 4.98 Å². The first kappa shape index (κ1) is 17.8. The third kappa shape index (κ3) is 3.23. The van der Waals surface area contributed by atoms with E-state index in [0.29, 0.717) is 13.0 Å². The molecule has 0 amide bonds. The maximum Gasteiger partial charge on any atom is 0.276 e. The molecule has 0 N–H and O–H groups in total. The highest BCUT2D eigenvalue weighted by atomic mass is 32.1. The summed E-state index contributed by atoms with van der Waals surface area (Å²) in [7, 11) is 0. The lowest BCUT2D eigenvalue weighted by Gasteiger charge is -2.07. The Morgan fingerprint density at radius 1 is 0.966 bits per heavy atom. The van der Waals surface area contributed by atoms with Gasteiger partial charge in [-0.25, -0.2) is 4.68 Å². The van der Waals surface area contributed by atoms with E-state index >= 15 is 0 Å². The second-order valence-corrected chi connectivity index (χ2v) is 8.03. The van der Waals surface area contributed by atoms with Gasteiger partial charge >= 0.3 is 0 Å². The largest absolute Gasteiger partial charge is 0.276 e. The molecule has 5 rings (SSSR count). The summed E-state index contributed by atoms with van der Waals surface area (Å²) in [5.41, 5.74) is 5.15. The molecule has 0 fully saturated rings. The summed E-state index contributed by atoms with van der Waals surface area (Å²) in [5, 5.41) is 8.34. The van der Waals surface area contributed by atoms with Crippen molar-refractivity contribution in [3.63, 3.8) is 0 Å². The van der Waals surface area contributed by atoms with Crippen LogP contribution in [0.1, 0.15) is 11.3 Å². The van der Waals surface area contributed by atoms with Crippen molar-refractivity contribution < 1.29 is 0 Å². The van der Waals surface area contributed by atoms with Crippen molar-refractivity contribution in [3.05, 3.63) is 93.9 Å². The monoisotopic (exact) mass is 397 g/mol. The highest BCUT2D eigenvalue weighted by Gasteiger charge is 2.14. The SMILES string of the molecule is Cc1ccccc1-c1csc2cnn(CCc3ccc4ccccc4n3)c(=O)c12. The van der Waals surface area contributed by atoms with Crippen LogP contribution in [0.15, 0.2) is 77.0 Å². The van der Waals surface area contributed by atoms with Gasteiger partial charge in [0, 0.05) is 28.4 Å². The first-order valence-corrected chi connectivity index (χ1v) is 10.5. The minimum absolute atomic E-state index is 0.0391. The zero-order chi connectivity index (χ0) is 19.8. The summed E-state index contributed by atoms with van der Waals surface area (Å²) in [6.07, 6.45) is 2.46. The molecule has 0 aliphatic carbocycles. The number of thiophene rings is 1. The first-order chi connectivity index (χ1) is 14.2. The molecule has 0 radical (unpaired) electrons. The second kappa shape index (κ2) is 7.26. The van der Waals surface area contributed by atoms with Gasteiger partial charge in [0.05, 0.1) is 28.3 Å². The van der Waals surface area contributed by atoms with Crippen LogP contribution in [0, 0.1) is 6.92 Å². The van der Waals surface area contributed by atoms with E-state index in [1.165, 1.54) is 0 Å². The maximum atomic E-state index is 13.2. The molecule has 3 heterocycles. The molecule has 0 aliphatic rings. The van der Waals surface area contributed by atoms with Gasteiger partial charge in [-0.05, 0) is 30.2 Å². The molecule has 2 aromatic carbocycles. The lowest BCUT2D eigenvalue weighted by molar-refractivity contribution is 0.580. The Balaban J connectivity index is 1.50. The molecule has 0 saturated heterocycles. The lowest BCUT2D eigenvalue weighted by atomic mass is 10.0. The normalized spacial score (nSPS) is 11.3. The average Bonchev–Trinajstić information content (AvgIpc) is 3.18. The minimum atomic E-state index is -0.0391. The van der Waals surface area contributed by atoms with Gasteiger partial charge in [0.15, 0.2) is 0 Å². The molecule has 29 heavy (non-hydrogen) atoms. The summed E-state index contributed by atoms with van der Waals surface area (Å²) < 4.78 is 2.49. The topological polar surface area (TPSA) is 47.8 Å². The van der Waals surface area contributed by atoms with Crippen LogP contribution in [-0.4, -0.2) is 14.8 Å². The maximum absolute atomic E-state index is 13.2. The molecule has 142 valence electrons. The van der Waals surface area contributed by atoms with Crippen LogP contribution in [0.2, 0.25) is 0 Å². The number of rotatable bonds is 4. The predicted molar refractivity (Wildman–Crippen MR) is 120 cm³/mol. The fourth-order valence-electron chi connectivity index (χ4n) is 3.69. The van der Waals surface area contributed by atoms with Gasteiger partial charge in [0.2, 0.25) is 0 Å². The van der Waals surface area contributed by atoms with Crippen LogP contribution in [0.5, 0.6) is 0 Å². The standard InChI is InChI=1S/C24H19N3OS/c1-16-6-2-4-8-19(16)20-15-29-22-14-25-27(24(28)23(20)22)13-12-18-11-10-17-7-3-5-9-21(17)26-18/h2-11,14-15H,12-13H2,1H3. The summed E-state index contributed by atoms with van der Waals surface area (Å²) in [6, 6.07) is 20.3. The Morgan fingerprint density at radius 2 is 1.79 bits per heavy atom. The number of fused-ring (bicyclic) bond motifs is 2. The Morgan fingerprint density at radius 3 is 2.69 bits per heavy atom. The second-order valence-electron chi connectivity index (χ2n) is 7.12. The van der Waals surface area contributed by atoms with Crippen molar-refractivity contribution in [1.29, 1.82) is 0 Å². The summed E-state index contributed by atoms with van der Waals surface area (Å²) in [5.74, 6) is 0. The van der Waals surface area contributed by atoms with Crippen LogP contribution in [0.25, 0.3) is 32.1 Å². The lowest BCUT2D eigenvalue weighted by Crippen LogP contribution is -2.23. The Kier molecular flexibility index (Phi) is 4.45. The fraction of sp³-hybridized carbons (Fsp3) is 0.125. The van der Waals surface area contributed by atoms with Crippen molar-refractivity contribution in [2.24, 2.45) is 0 Å². The number of pyridine rings is 1. The Hall–Kier alpha value is -3.31. The molecular formula is C24H19N3OS. The van der Waals surface area contributed by atoms with E-state index in [1.54, 1.807) is 22.2 Å². The number of aryl methyl sites for hydroxylation is 3. The molecule has 5 heteroatoms. The Bertz CT molecular complexity index is 1400. The predicted octanol–water partition coefficient (Wildman–Crippen LogP) is 5.22. The summed E-state index contributed by atoms with van der Waals surface area (Å²) in [4.78, 5) is 17.9.